The summed E-state index contributed by atoms with van der Waals surface area (Å²) >= 11 is 3.18. The highest BCUT2D eigenvalue weighted by molar-refractivity contribution is 9.10. The summed E-state index contributed by atoms with van der Waals surface area (Å²) in [5.41, 5.74) is 0. The van der Waals surface area contributed by atoms with Crippen molar-refractivity contribution >= 4 is 21.8 Å². The second kappa shape index (κ2) is 5.69. The molecule has 18 heavy (non-hydrogen) atoms. The van der Waals surface area contributed by atoms with E-state index in [9.17, 15) is 9.18 Å². The van der Waals surface area contributed by atoms with Gasteiger partial charge >= 0.3 is 0 Å². The monoisotopic (exact) mass is 315 g/mol. The first-order valence-electron chi connectivity index (χ1n) is 5.98. The van der Waals surface area contributed by atoms with Gasteiger partial charge in [-0.1, -0.05) is 15.9 Å². The van der Waals surface area contributed by atoms with Crippen LogP contribution in [0.5, 0.6) is 5.75 Å². The molecule has 0 aromatic heterocycles. The van der Waals surface area contributed by atoms with Crippen molar-refractivity contribution in [1.29, 1.82) is 0 Å². The van der Waals surface area contributed by atoms with Gasteiger partial charge in [0.1, 0.15) is 11.6 Å². The normalized spacial score (nSPS) is 14.4. The summed E-state index contributed by atoms with van der Waals surface area (Å²) in [6, 6.07) is 4.64. The Balaban J connectivity index is 1.92. The first-order chi connectivity index (χ1) is 8.60. The highest BCUT2D eigenvalue weighted by Crippen LogP contribution is 2.27. The van der Waals surface area contributed by atoms with Crippen molar-refractivity contribution in [3.05, 3.63) is 28.5 Å². The van der Waals surface area contributed by atoms with Crippen LogP contribution in [0.4, 0.5) is 4.39 Å². The zero-order chi connectivity index (χ0) is 13.1. The van der Waals surface area contributed by atoms with Gasteiger partial charge in [0.25, 0.3) is 5.91 Å². The molecule has 1 aromatic carbocycles. The van der Waals surface area contributed by atoms with E-state index < -0.39 is 0 Å². The molecule has 1 fully saturated rings. The minimum absolute atomic E-state index is 0.0413. The van der Waals surface area contributed by atoms with Crippen molar-refractivity contribution < 1.29 is 13.9 Å². The number of carbonyl (C=O) groups is 1. The summed E-state index contributed by atoms with van der Waals surface area (Å²) in [5.74, 6) is -0.0659. The summed E-state index contributed by atoms with van der Waals surface area (Å²) in [7, 11) is 0. The number of likely N-dealkylation sites (N-methyl/N-ethyl adjacent to an activating group) is 1. The van der Waals surface area contributed by atoms with E-state index in [4.69, 9.17) is 4.74 Å². The fourth-order valence-corrected chi connectivity index (χ4v) is 2.31. The average molecular weight is 316 g/mol. The smallest absolute Gasteiger partial charge is 0.260 e. The molecule has 5 heteroatoms. The molecule has 0 heterocycles. The van der Waals surface area contributed by atoms with E-state index in [1.807, 2.05) is 11.8 Å². The molecule has 0 aliphatic heterocycles. The average Bonchev–Trinajstić information content (AvgIpc) is 3.10. The zero-order valence-electron chi connectivity index (χ0n) is 10.2. The summed E-state index contributed by atoms with van der Waals surface area (Å²) in [5, 5.41) is 0. The van der Waals surface area contributed by atoms with Crippen LogP contribution in [0.25, 0.3) is 0 Å². The van der Waals surface area contributed by atoms with Gasteiger partial charge in [-0.15, -0.1) is 0 Å². The van der Waals surface area contributed by atoms with E-state index in [1.165, 1.54) is 12.1 Å². The minimum Gasteiger partial charge on any atom is -0.484 e. The van der Waals surface area contributed by atoms with Gasteiger partial charge in [0, 0.05) is 23.1 Å². The molecular formula is C13H15BrFNO2. The Bertz CT molecular complexity index is 428. The largest absolute Gasteiger partial charge is 0.484 e. The Hall–Kier alpha value is -1.10. The Kier molecular flexibility index (Phi) is 4.22. The minimum atomic E-state index is -0.388. The fraction of sp³-hybridized carbons (Fsp3) is 0.462. The van der Waals surface area contributed by atoms with Gasteiger partial charge in [-0.2, -0.15) is 0 Å². The second-order valence-corrected chi connectivity index (χ2v) is 5.22. The van der Waals surface area contributed by atoms with E-state index >= 15 is 0 Å². The highest BCUT2D eigenvalue weighted by Gasteiger charge is 2.31. The SMILES string of the molecule is CCN(C(=O)COc1cc(F)cc(Br)c1)C1CC1. The molecule has 0 saturated heterocycles. The van der Waals surface area contributed by atoms with Gasteiger partial charge in [-0.25, -0.2) is 4.39 Å². The van der Waals surface area contributed by atoms with Crippen molar-refractivity contribution in [3.8, 4) is 5.75 Å². The molecule has 0 unspecified atom stereocenters. The van der Waals surface area contributed by atoms with Crippen LogP contribution >= 0.6 is 15.9 Å². The Morgan fingerprint density at radius 2 is 2.22 bits per heavy atom. The summed E-state index contributed by atoms with van der Waals surface area (Å²) in [6.07, 6.45) is 2.15. The predicted molar refractivity (Wildman–Crippen MR) is 70.0 cm³/mol. The molecule has 1 amide bonds. The number of nitrogens with zero attached hydrogens (tertiary/aromatic N) is 1. The first-order valence-corrected chi connectivity index (χ1v) is 6.78. The molecule has 3 nitrogen and oxygen atoms in total. The molecule has 0 bridgehead atoms. The lowest BCUT2D eigenvalue weighted by atomic mass is 10.3. The first kappa shape index (κ1) is 13.3. The second-order valence-electron chi connectivity index (χ2n) is 4.30. The Morgan fingerprint density at radius 3 is 2.78 bits per heavy atom. The van der Waals surface area contributed by atoms with E-state index in [2.05, 4.69) is 15.9 Å². The van der Waals surface area contributed by atoms with Gasteiger partial charge in [0.15, 0.2) is 6.61 Å². The molecule has 98 valence electrons. The number of amides is 1. The maximum absolute atomic E-state index is 13.1. The third kappa shape index (κ3) is 3.45. The predicted octanol–water partition coefficient (Wildman–Crippen LogP) is 2.98. The van der Waals surface area contributed by atoms with Crippen LogP contribution in [0.1, 0.15) is 19.8 Å². The Labute approximate surface area is 114 Å². The Morgan fingerprint density at radius 1 is 1.50 bits per heavy atom. The lowest BCUT2D eigenvalue weighted by Gasteiger charge is -2.20. The molecule has 1 aliphatic rings. The molecule has 1 aromatic rings. The lowest BCUT2D eigenvalue weighted by Crippen LogP contribution is -2.36. The third-order valence-corrected chi connectivity index (χ3v) is 3.30. The highest BCUT2D eigenvalue weighted by atomic mass is 79.9. The van der Waals surface area contributed by atoms with Gasteiger partial charge in [0.2, 0.25) is 0 Å². The molecule has 1 saturated carbocycles. The van der Waals surface area contributed by atoms with Crippen LogP contribution in [0.2, 0.25) is 0 Å². The van der Waals surface area contributed by atoms with Crippen LogP contribution < -0.4 is 4.74 Å². The number of carbonyl (C=O) groups excluding carboxylic acids is 1. The fourth-order valence-electron chi connectivity index (χ4n) is 1.86. The van der Waals surface area contributed by atoms with Crippen molar-refractivity contribution in [2.45, 2.75) is 25.8 Å². The standard InChI is InChI=1S/C13H15BrFNO2/c1-2-16(11-3-4-11)13(17)8-18-12-6-9(14)5-10(15)7-12/h5-7,11H,2-4,8H2,1H3. The number of hydrogen-bond acceptors (Lipinski definition) is 2. The van der Waals surface area contributed by atoms with Crippen LogP contribution in [-0.4, -0.2) is 30.0 Å². The number of ether oxygens (including phenoxy) is 1. The maximum atomic E-state index is 13.1. The van der Waals surface area contributed by atoms with Gasteiger partial charge in [-0.3, -0.25) is 4.79 Å². The summed E-state index contributed by atoms with van der Waals surface area (Å²) < 4.78 is 19.0. The number of halogens is 2. The van der Waals surface area contributed by atoms with Crippen LogP contribution in [0.15, 0.2) is 22.7 Å². The molecule has 0 radical (unpaired) electrons. The van der Waals surface area contributed by atoms with E-state index in [1.54, 1.807) is 6.07 Å². The molecule has 0 N–H and O–H groups in total. The topological polar surface area (TPSA) is 29.5 Å². The number of hydrogen-bond donors (Lipinski definition) is 0. The molecule has 1 aliphatic carbocycles. The molecular weight excluding hydrogens is 301 g/mol. The third-order valence-electron chi connectivity index (χ3n) is 2.85. The van der Waals surface area contributed by atoms with Crippen molar-refractivity contribution in [2.75, 3.05) is 13.2 Å². The quantitative estimate of drug-likeness (QED) is 0.836. The van der Waals surface area contributed by atoms with Gasteiger partial charge < -0.3 is 9.64 Å². The van der Waals surface area contributed by atoms with Crippen molar-refractivity contribution in [3.63, 3.8) is 0 Å². The van der Waals surface area contributed by atoms with Crippen LogP contribution in [-0.2, 0) is 4.79 Å². The molecule has 0 atom stereocenters. The van der Waals surface area contributed by atoms with E-state index in [0.717, 1.165) is 12.8 Å². The van der Waals surface area contributed by atoms with E-state index in [0.29, 0.717) is 22.8 Å². The molecule has 2 rings (SSSR count). The van der Waals surface area contributed by atoms with Gasteiger partial charge in [0.05, 0.1) is 0 Å². The summed E-state index contributed by atoms with van der Waals surface area (Å²) in [6.45, 7) is 2.61. The lowest BCUT2D eigenvalue weighted by molar-refractivity contribution is -0.133. The summed E-state index contributed by atoms with van der Waals surface area (Å²) in [4.78, 5) is 13.7. The van der Waals surface area contributed by atoms with Crippen molar-refractivity contribution in [2.24, 2.45) is 0 Å². The van der Waals surface area contributed by atoms with Gasteiger partial charge in [-0.05, 0) is 31.9 Å². The van der Waals surface area contributed by atoms with Crippen molar-refractivity contribution in [1.82, 2.24) is 4.90 Å². The zero-order valence-corrected chi connectivity index (χ0v) is 11.7. The molecule has 0 spiro atoms. The number of benzene rings is 1. The number of rotatable bonds is 5. The van der Waals surface area contributed by atoms with E-state index in [-0.39, 0.29) is 18.3 Å². The maximum Gasteiger partial charge on any atom is 0.260 e. The van der Waals surface area contributed by atoms with Crippen LogP contribution in [0, 0.1) is 5.82 Å². The van der Waals surface area contributed by atoms with Crippen LogP contribution in [0.3, 0.4) is 0 Å².